The van der Waals surface area contributed by atoms with Gasteiger partial charge in [-0.3, -0.25) is 0 Å². The van der Waals surface area contributed by atoms with Crippen LogP contribution in [0.4, 0.5) is 11.4 Å². The van der Waals surface area contributed by atoms with E-state index in [2.05, 4.69) is 10.6 Å². The van der Waals surface area contributed by atoms with Crippen molar-refractivity contribution in [3.05, 3.63) is 57.5 Å². The summed E-state index contributed by atoms with van der Waals surface area (Å²) in [5.74, 6) is 0. The minimum atomic E-state index is 0.423. The second kappa shape index (κ2) is 6.44. The summed E-state index contributed by atoms with van der Waals surface area (Å²) >= 11 is 23.0. The molecule has 2 aromatic carbocycles. The molecule has 0 saturated carbocycles. The summed E-state index contributed by atoms with van der Waals surface area (Å²) in [5.41, 5.74) is 1.49. The van der Waals surface area contributed by atoms with Gasteiger partial charge in [-0.15, -0.1) is 0 Å². The van der Waals surface area contributed by atoms with Crippen LogP contribution >= 0.6 is 47.0 Å². The van der Waals surface area contributed by atoms with E-state index in [0.717, 1.165) is 5.69 Å². The summed E-state index contributed by atoms with van der Waals surface area (Å²) < 4.78 is 0. The molecule has 0 atom stereocenters. The van der Waals surface area contributed by atoms with Crippen LogP contribution in [0.15, 0.2) is 42.5 Å². The van der Waals surface area contributed by atoms with E-state index in [1.807, 2.05) is 12.1 Å². The molecule has 0 amide bonds. The standard InChI is InChI=1S/C13H9Cl3N2S/c14-8-4-6-9(7-5-8)17-13(19)18-11-3-1-2-10(15)12(11)16/h1-7H,(H2,17,18,19). The van der Waals surface area contributed by atoms with Crippen LogP contribution in [-0.4, -0.2) is 5.11 Å². The Balaban J connectivity index is 2.05. The summed E-state index contributed by atoms with van der Waals surface area (Å²) in [7, 11) is 0. The fourth-order valence-electron chi connectivity index (χ4n) is 1.42. The van der Waals surface area contributed by atoms with Crippen LogP contribution in [0, 0.1) is 0 Å². The van der Waals surface area contributed by atoms with Crippen molar-refractivity contribution in [2.75, 3.05) is 10.6 Å². The molecule has 0 bridgehead atoms. The van der Waals surface area contributed by atoms with Crippen LogP contribution in [0.25, 0.3) is 0 Å². The normalized spacial score (nSPS) is 10.1. The molecule has 98 valence electrons. The van der Waals surface area contributed by atoms with Crippen molar-refractivity contribution in [2.45, 2.75) is 0 Å². The smallest absolute Gasteiger partial charge is 0.175 e. The van der Waals surface area contributed by atoms with Crippen LogP contribution in [0.1, 0.15) is 0 Å². The summed E-state index contributed by atoms with van der Waals surface area (Å²) in [6, 6.07) is 12.5. The van der Waals surface area contributed by atoms with Crippen LogP contribution in [0.3, 0.4) is 0 Å². The van der Waals surface area contributed by atoms with Crippen molar-refractivity contribution in [1.29, 1.82) is 0 Å². The lowest BCUT2D eigenvalue weighted by molar-refractivity contribution is 1.59. The number of hydrogen-bond acceptors (Lipinski definition) is 1. The topological polar surface area (TPSA) is 24.1 Å². The first-order chi connectivity index (χ1) is 9.06. The monoisotopic (exact) mass is 330 g/mol. The van der Waals surface area contributed by atoms with E-state index >= 15 is 0 Å². The molecule has 0 aliphatic heterocycles. The number of nitrogens with one attached hydrogen (secondary N) is 2. The van der Waals surface area contributed by atoms with E-state index in [4.69, 9.17) is 47.0 Å². The van der Waals surface area contributed by atoms with Gasteiger partial charge in [-0.05, 0) is 48.6 Å². The molecular weight excluding hydrogens is 323 g/mol. The van der Waals surface area contributed by atoms with Gasteiger partial charge < -0.3 is 10.6 Å². The number of thiocarbonyl (C=S) groups is 1. The molecule has 0 fully saturated rings. The van der Waals surface area contributed by atoms with E-state index in [1.54, 1.807) is 30.3 Å². The molecule has 2 nitrogen and oxygen atoms in total. The fourth-order valence-corrected chi connectivity index (χ4v) is 2.12. The minimum Gasteiger partial charge on any atom is -0.332 e. The van der Waals surface area contributed by atoms with E-state index in [1.165, 1.54) is 0 Å². The molecule has 0 saturated heterocycles. The molecule has 6 heteroatoms. The molecule has 0 spiro atoms. The Bertz CT molecular complexity index is 599. The summed E-state index contributed by atoms with van der Waals surface area (Å²) in [6.07, 6.45) is 0. The molecule has 19 heavy (non-hydrogen) atoms. The van der Waals surface area contributed by atoms with Crippen LogP contribution < -0.4 is 10.6 Å². The second-order valence-corrected chi connectivity index (χ2v) is 5.32. The Morgan fingerprint density at radius 3 is 2.26 bits per heavy atom. The predicted molar refractivity (Wildman–Crippen MR) is 87.8 cm³/mol. The van der Waals surface area contributed by atoms with E-state index in [0.29, 0.717) is 25.9 Å². The summed E-state index contributed by atoms with van der Waals surface area (Å²) in [6.45, 7) is 0. The first-order valence-corrected chi connectivity index (χ1v) is 6.88. The van der Waals surface area contributed by atoms with Crippen molar-refractivity contribution >= 4 is 63.5 Å². The molecule has 0 aromatic heterocycles. The molecule has 0 heterocycles. The SMILES string of the molecule is S=C(Nc1ccc(Cl)cc1)Nc1cccc(Cl)c1Cl. The van der Waals surface area contributed by atoms with Gasteiger partial charge in [-0.2, -0.15) is 0 Å². The zero-order valence-electron chi connectivity index (χ0n) is 9.58. The first kappa shape index (κ1) is 14.4. The highest BCUT2D eigenvalue weighted by atomic mass is 35.5. The average Bonchev–Trinajstić information content (AvgIpc) is 2.38. The third-order valence-corrected chi connectivity index (χ3v) is 3.58. The zero-order valence-corrected chi connectivity index (χ0v) is 12.7. The fraction of sp³-hybridized carbons (Fsp3) is 0. The van der Waals surface area contributed by atoms with Crippen molar-refractivity contribution in [3.63, 3.8) is 0 Å². The number of rotatable bonds is 2. The van der Waals surface area contributed by atoms with Crippen molar-refractivity contribution in [3.8, 4) is 0 Å². The predicted octanol–water partition coefficient (Wildman–Crippen LogP) is 5.46. The Morgan fingerprint density at radius 1 is 0.895 bits per heavy atom. The lowest BCUT2D eigenvalue weighted by Crippen LogP contribution is -2.19. The van der Waals surface area contributed by atoms with Crippen molar-refractivity contribution in [2.24, 2.45) is 0 Å². The van der Waals surface area contributed by atoms with Gasteiger partial charge in [0.15, 0.2) is 5.11 Å². The lowest BCUT2D eigenvalue weighted by Gasteiger charge is -2.12. The van der Waals surface area contributed by atoms with E-state index < -0.39 is 0 Å². The lowest BCUT2D eigenvalue weighted by atomic mass is 10.3. The molecular formula is C13H9Cl3N2S. The molecule has 0 radical (unpaired) electrons. The summed E-state index contributed by atoms with van der Waals surface area (Å²) in [4.78, 5) is 0. The first-order valence-electron chi connectivity index (χ1n) is 5.34. The van der Waals surface area contributed by atoms with E-state index in [-0.39, 0.29) is 0 Å². The number of benzene rings is 2. The maximum Gasteiger partial charge on any atom is 0.175 e. The maximum absolute atomic E-state index is 6.06. The molecule has 2 N–H and O–H groups in total. The number of hydrogen-bond donors (Lipinski definition) is 2. The van der Waals surface area contributed by atoms with Gasteiger partial charge in [0.05, 0.1) is 15.7 Å². The summed E-state index contributed by atoms with van der Waals surface area (Å²) in [5, 5.41) is 8.01. The van der Waals surface area contributed by atoms with Gasteiger partial charge in [-0.25, -0.2) is 0 Å². The number of anilines is 2. The third-order valence-electron chi connectivity index (χ3n) is 2.30. The largest absolute Gasteiger partial charge is 0.332 e. The van der Waals surface area contributed by atoms with Crippen molar-refractivity contribution < 1.29 is 0 Å². The van der Waals surface area contributed by atoms with Crippen LogP contribution in [0.2, 0.25) is 15.1 Å². The van der Waals surface area contributed by atoms with Crippen LogP contribution in [-0.2, 0) is 0 Å². The quantitative estimate of drug-likeness (QED) is 0.715. The zero-order chi connectivity index (χ0) is 13.8. The van der Waals surface area contributed by atoms with Gasteiger partial charge in [0.1, 0.15) is 0 Å². The van der Waals surface area contributed by atoms with Gasteiger partial charge in [0.2, 0.25) is 0 Å². The van der Waals surface area contributed by atoms with Gasteiger partial charge in [-0.1, -0.05) is 40.9 Å². The second-order valence-electron chi connectivity index (χ2n) is 3.69. The van der Waals surface area contributed by atoms with Gasteiger partial charge in [0.25, 0.3) is 0 Å². The van der Waals surface area contributed by atoms with Crippen molar-refractivity contribution in [1.82, 2.24) is 0 Å². The molecule has 2 rings (SSSR count). The van der Waals surface area contributed by atoms with Gasteiger partial charge in [0, 0.05) is 10.7 Å². The Hall–Kier alpha value is -1.000. The Kier molecular flexibility index (Phi) is 4.88. The van der Waals surface area contributed by atoms with Crippen LogP contribution in [0.5, 0.6) is 0 Å². The molecule has 2 aromatic rings. The minimum absolute atomic E-state index is 0.423. The third kappa shape index (κ3) is 3.98. The molecule has 0 aliphatic carbocycles. The van der Waals surface area contributed by atoms with Gasteiger partial charge >= 0.3 is 0 Å². The Labute approximate surface area is 131 Å². The van der Waals surface area contributed by atoms with E-state index in [9.17, 15) is 0 Å². The molecule has 0 unspecified atom stereocenters. The highest BCUT2D eigenvalue weighted by Crippen LogP contribution is 2.29. The average molecular weight is 332 g/mol. The molecule has 0 aliphatic rings. The number of halogens is 3. The maximum atomic E-state index is 6.06. The Morgan fingerprint density at radius 2 is 1.58 bits per heavy atom. The highest BCUT2D eigenvalue weighted by Gasteiger charge is 2.06. The highest BCUT2D eigenvalue weighted by molar-refractivity contribution is 7.80.